The van der Waals surface area contributed by atoms with Gasteiger partial charge in [-0.2, -0.15) is 0 Å². The number of methoxy groups -OCH3 is 1. The Labute approximate surface area is 147 Å². The van der Waals surface area contributed by atoms with Crippen molar-refractivity contribution in [2.45, 2.75) is 24.3 Å². The molecule has 0 aromatic heterocycles. The maximum atomic E-state index is 12.3. The molecule has 6 nitrogen and oxygen atoms in total. The third-order valence-corrected chi connectivity index (χ3v) is 5.57. The fourth-order valence-electron chi connectivity index (χ4n) is 2.73. The van der Waals surface area contributed by atoms with E-state index in [0.717, 1.165) is 24.2 Å². The van der Waals surface area contributed by atoms with Crippen LogP contribution in [0.4, 0.5) is 5.69 Å². The number of sulfonamides is 1. The third kappa shape index (κ3) is 4.00. The maximum absolute atomic E-state index is 12.3. The molecule has 3 rings (SSSR count). The summed E-state index contributed by atoms with van der Waals surface area (Å²) in [5.74, 6) is 0.735. The Balaban J connectivity index is 1.65. The lowest BCUT2D eigenvalue weighted by Crippen LogP contribution is -2.24. The molecule has 1 heterocycles. The predicted octanol–water partition coefficient (Wildman–Crippen LogP) is 2.30. The largest absolute Gasteiger partial charge is 0.497 e. The number of rotatable bonds is 6. The number of carbonyl (C=O) groups is 1. The smallest absolute Gasteiger partial charge is 0.240 e. The fraction of sp³-hybridized carbons (Fsp3) is 0.278. The Morgan fingerprint density at radius 3 is 2.32 bits per heavy atom. The first-order valence-corrected chi connectivity index (χ1v) is 9.51. The molecule has 1 amide bonds. The van der Waals surface area contributed by atoms with Gasteiger partial charge in [0.15, 0.2) is 0 Å². The van der Waals surface area contributed by atoms with E-state index in [1.165, 1.54) is 19.2 Å². The molecule has 132 valence electrons. The van der Waals surface area contributed by atoms with Crippen LogP contribution in [0, 0.1) is 0 Å². The summed E-state index contributed by atoms with van der Waals surface area (Å²) >= 11 is 0. The highest BCUT2D eigenvalue weighted by atomic mass is 32.2. The summed E-state index contributed by atoms with van der Waals surface area (Å²) in [5, 5.41) is 0. The minimum atomic E-state index is -3.59. The second kappa shape index (κ2) is 7.25. The van der Waals surface area contributed by atoms with Gasteiger partial charge in [0.2, 0.25) is 15.9 Å². The third-order valence-electron chi connectivity index (χ3n) is 4.16. The molecule has 0 spiro atoms. The van der Waals surface area contributed by atoms with Crippen molar-refractivity contribution in [3.63, 3.8) is 0 Å². The Kier molecular flexibility index (Phi) is 5.06. The van der Waals surface area contributed by atoms with E-state index >= 15 is 0 Å². The van der Waals surface area contributed by atoms with Crippen LogP contribution in [0.15, 0.2) is 53.4 Å². The summed E-state index contributed by atoms with van der Waals surface area (Å²) in [6.07, 6.45) is 1.46. The van der Waals surface area contributed by atoms with Crippen LogP contribution in [-0.2, 0) is 21.4 Å². The molecule has 1 aliphatic heterocycles. The van der Waals surface area contributed by atoms with Crippen LogP contribution in [0.1, 0.15) is 18.4 Å². The van der Waals surface area contributed by atoms with Crippen molar-refractivity contribution in [3.05, 3.63) is 54.1 Å². The number of hydrogen-bond donors (Lipinski definition) is 1. The second-order valence-corrected chi connectivity index (χ2v) is 7.58. The highest BCUT2D eigenvalue weighted by molar-refractivity contribution is 7.89. The van der Waals surface area contributed by atoms with Crippen LogP contribution >= 0.6 is 0 Å². The van der Waals surface area contributed by atoms with Gasteiger partial charge in [-0.3, -0.25) is 4.79 Å². The normalized spacial score (nSPS) is 14.8. The van der Waals surface area contributed by atoms with E-state index in [4.69, 9.17) is 4.74 Å². The average Bonchev–Trinajstić information content (AvgIpc) is 3.06. The van der Waals surface area contributed by atoms with Gasteiger partial charge in [0.25, 0.3) is 0 Å². The molecule has 2 aromatic carbocycles. The number of hydrogen-bond acceptors (Lipinski definition) is 4. The van der Waals surface area contributed by atoms with Crippen LogP contribution in [0.2, 0.25) is 0 Å². The minimum absolute atomic E-state index is 0.132. The minimum Gasteiger partial charge on any atom is -0.497 e. The molecule has 7 heteroatoms. The Bertz CT molecular complexity index is 846. The lowest BCUT2D eigenvalue weighted by atomic mass is 10.2. The summed E-state index contributed by atoms with van der Waals surface area (Å²) in [7, 11) is -2.06. The molecule has 1 N–H and O–H groups in total. The van der Waals surface area contributed by atoms with Crippen molar-refractivity contribution in [1.82, 2.24) is 4.72 Å². The van der Waals surface area contributed by atoms with E-state index < -0.39 is 10.0 Å². The van der Waals surface area contributed by atoms with Crippen molar-refractivity contribution in [3.8, 4) is 5.75 Å². The van der Waals surface area contributed by atoms with E-state index in [1.807, 2.05) is 24.3 Å². The predicted molar refractivity (Wildman–Crippen MR) is 95.0 cm³/mol. The Morgan fingerprint density at radius 2 is 1.76 bits per heavy atom. The number of nitrogens with one attached hydrogen (secondary N) is 1. The first kappa shape index (κ1) is 17.4. The van der Waals surface area contributed by atoms with Crippen molar-refractivity contribution in [1.29, 1.82) is 0 Å². The van der Waals surface area contributed by atoms with E-state index in [2.05, 4.69) is 4.72 Å². The first-order valence-electron chi connectivity index (χ1n) is 8.02. The molecule has 25 heavy (non-hydrogen) atoms. The van der Waals surface area contributed by atoms with Gasteiger partial charge in [-0.15, -0.1) is 0 Å². The Morgan fingerprint density at radius 1 is 1.08 bits per heavy atom. The molecule has 0 atom stereocenters. The van der Waals surface area contributed by atoms with Gasteiger partial charge in [-0.25, -0.2) is 13.1 Å². The summed E-state index contributed by atoms with van der Waals surface area (Å²) in [5.41, 5.74) is 1.68. The van der Waals surface area contributed by atoms with Gasteiger partial charge in [-0.1, -0.05) is 12.1 Å². The van der Waals surface area contributed by atoms with Gasteiger partial charge in [0.1, 0.15) is 5.75 Å². The molecule has 0 aliphatic carbocycles. The lowest BCUT2D eigenvalue weighted by molar-refractivity contribution is -0.117. The zero-order chi connectivity index (χ0) is 17.9. The molecular formula is C18H20N2O4S. The van der Waals surface area contributed by atoms with E-state index in [-0.39, 0.29) is 17.3 Å². The van der Waals surface area contributed by atoms with Gasteiger partial charge < -0.3 is 9.64 Å². The van der Waals surface area contributed by atoms with Crippen LogP contribution in [0.3, 0.4) is 0 Å². The molecule has 0 radical (unpaired) electrons. The number of amides is 1. The van der Waals surface area contributed by atoms with Crippen LogP contribution in [0.25, 0.3) is 0 Å². The van der Waals surface area contributed by atoms with Crippen molar-refractivity contribution in [2.24, 2.45) is 0 Å². The molecular weight excluding hydrogens is 340 g/mol. The zero-order valence-electron chi connectivity index (χ0n) is 13.9. The van der Waals surface area contributed by atoms with Crippen LogP contribution in [0.5, 0.6) is 5.75 Å². The molecule has 2 aromatic rings. The Hall–Kier alpha value is -2.38. The van der Waals surface area contributed by atoms with Gasteiger partial charge >= 0.3 is 0 Å². The number of nitrogens with zero attached hydrogens (tertiary/aromatic N) is 1. The standard InChI is InChI=1S/C18H20N2O4S/c1-24-16-8-10-17(11-9-16)25(22,23)19-13-14-4-6-15(7-5-14)20-12-2-3-18(20)21/h4-11,19H,2-3,12-13H2,1H3. The molecule has 1 fully saturated rings. The SMILES string of the molecule is COc1ccc(S(=O)(=O)NCc2ccc(N3CCCC3=O)cc2)cc1. The maximum Gasteiger partial charge on any atom is 0.240 e. The number of benzene rings is 2. The number of anilines is 1. The monoisotopic (exact) mass is 360 g/mol. The summed E-state index contributed by atoms with van der Waals surface area (Å²) in [6.45, 7) is 0.921. The van der Waals surface area contributed by atoms with Crippen molar-refractivity contribution in [2.75, 3.05) is 18.6 Å². The van der Waals surface area contributed by atoms with Crippen molar-refractivity contribution < 1.29 is 17.9 Å². The molecule has 0 saturated carbocycles. The fourth-order valence-corrected chi connectivity index (χ4v) is 3.75. The number of carbonyl (C=O) groups excluding carboxylic acids is 1. The molecule has 1 saturated heterocycles. The summed E-state index contributed by atoms with van der Waals surface area (Å²) in [6, 6.07) is 13.6. The van der Waals surface area contributed by atoms with E-state index in [1.54, 1.807) is 17.0 Å². The highest BCUT2D eigenvalue weighted by Crippen LogP contribution is 2.22. The first-order chi connectivity index (χ1) is 12.0. The molecule has 1 aliphatic rings. The average molecular weight is 360 g/mol. The van der Waals surface area contributed by atoms with Crippen LogP contribution in [-0.4, -0.2) is 28.0 Å². The molecule has 0 unspecified atom stereocenters. The summed E-state index contributed by atoms with van der Waals surface area (Å²) < 4.78 is 32.2. The van der Waals surface area contributed by atoms with Gasteiger partial charge in [0.05, 0.1) is 12.0 Å². The quantitative estimate of drug-likeness (QED) is 0.858. The van der Waals surface area contributed by atoms with Gasteiger partial charge in [0, 0.05) is 25.2 Å². The highest BCUT2D eigenvalue weighted by Gasteiger charge is 2.21. The van der Waals surface area contributed by atoms with Crippen molar-refractivity contribution >= 4 is 21.6 Å². The number of ether oxygens (including phenoxy) is 1. The lowest BCUT2D eigenvalue weighted by Gasteiger charge is -2.16. The van der Waals surface area contributed by atoms with Crippen LogP contribution < -0.4 is 14.4 Å². The topological polar surface area (TPSA) is 75.7 Å². The summed E-state index contributed by atoms with van der Waals surface area (Å²) in [4.78, 5) is 13.7. The molecule has 0 bridgehead atoms. The van der Waals surface area contributed by atoms with Gasteiger partial charge in [-0.05, 0) is 48.4 Å². The van der Waals surface area contributed by atoms with E-state index in [9.17, 15) is 13.2 Å². The zero-order valence-corrected chi connectivity index (χ0v) is 14.8. The van der Waals surface area contributed by atoms with E-state index in [0.29, 0.717) is 12.2 Å². The second-order valence-electron chi connectivity index (χ2n) is 5.82.